The van der Waals surface area contributed by atoms with E-state index in [0.29, 0.717) is 24.2 Å². The molecule has 2 unspecified atom stereocenters. The fourth-order valence-corrected chi connectivity index (χ4v) is 7.13. The summed E-state index contributed by atoms with van der Waals surface area (Å²) in [6.45, 7) is 8.74. The molecular weight excluding hydrogens is 370 g/mol. The van der Waals surface area contributed by atoms with Gasteiger partial charge >= 0.3 is 0 Å². The van der Waals surface area contributed by atoms with Crippen LogP contribution in [0.2, 0.25) is 0 Å². The van der Waals surface area contributed by atoms with Crippen LogP contribution in [-0.4, -0.2) is 33.7 Å². The van der Waals surface area contributed by atoms with Crippen molar-refractivity contribution in [3.05, 3.63) is 22.8 Å². The number of aliphatic hydroxyl groups is 1. The Bertz CT molecular complexity index is 953. The van der Waals surface area contributed by atoms with Gasteiger partial charge in [-0.25, -0.2) is 0 Å². The molecule has 2 aliphatic heterocycles. The zero-order chi connectivity index (χ0) is 20.9. The zero-order valence-electron chi connectivity index (χ0n) is 17.5. The summed E-state index contributed by atoms with van der Waals surface area (Å²) in [6, 6.07) is 1.40. The van der Waals surface area contributed by atoms with Crippen LogP contribution in [0.25, 0.3) is 0 Å². The number of aliphatic hydroxyl groups excluding tert-OH is 1. The number of amides is 2. The van der Waals surface area contributed by atoms with E-state index in [1.165, 1.54) is 6.07 Å². The second-order valence-electron chi connectivity index (χ2n) is 10.4. The maximum atomic E-state index is 12.5. The molecule has 2 amide bonds. The Morgan fingerprint density at radius 1 is 1.14 bits per heavy atom. The van der Waals surface area contributed by atoms with E-state index in [0.717, 1.165) is 19.3 Å². The molecule has 4 aliphatic rings. The van der Waals surface area contributed by atoms with Gasteiger partial charge in [0.2, 0.25) is 0 Å². The molecule has 2 aliphatic carbocycles. The molecule has 1 aromatic rings. The van der Waals surface area contributed by atoms with Crippen molar-refractivity contribution in [2.45, 2.75) is 71.5 Å². The summed E-state index contributed by atoms with van der Waals surface area (Å²) >= 11 is 0. The van der Waals surface area contributed by atoms with Gasteiger partial charge in [-0.05, 0) is 49.0 Å². The number of aromatic hydroxyl groups is 1. The van der Waals surface area contributed by atoms with Crippen LogP contribution in [0.5, 0.6) is 11.5 Å². The maximum Gasteiger partial charge on any atom is 0.262 e. The van der Waals surface area contributed by atoms with Gasteiger partial charge in [-0.1, -0.05) is 27.7 Å². The Morgan fingerprint density at radius 3 is 2.59 bits per heavy atom. The fourth-order valence-electron chi connectivity index (χ4n) is 7.13. The van der Waals surface area contributed by atoms with Gasteiger partial charge in [-0.3, -0.25) is 14.9 Å². The first-order chi connectivity index (χ1) is 13.5. The van der Waals surface area contributed by atoms with E-state index >= 15 is 0 Å². The third kappa shape index (κ3) is 2.11. The fraction of sp³-hybridized carbons (Fsp3) is 0.652. The molecule has 29 heavy (non-hydrogen) atoms. The average Bonchev–Trinajstić information content (AvgIpc) is 3.17. The van der Waals surface area contributed by atoms with Crippen LogP contribution in [0.15, 0.2) is 6.07 Å². The van der Waals surface area contributed by atoms with Crippen molar-refractivity contribution >= 4 is 11.8 Å². The van der Waals surface area contributed by atoms with E-state index in [1.807, 2.05) is 0 Å². The molecule has 6 nitrogen and oxygen atoms in total. The van der Waals surface area contributed by atoms with Crippen molar-refractivity contribution in [2.75, 3.05) is 0 Å². The van der Waals surface area contributed by atoms with Crippen molar-refractivity contribution in [1.29, 1.82) is 0 Å². The quantitative estimate of drug-likeness (QED) is 0.583. The van der Waals surface area contributed by atoms with Gasteiger partial charge in [-0.15, -0.1) is 0 Å². The Kier molecular flexibility index (Phi) is 3.61. The normalized spacial score (nSPS) is 39.6. The van der Waals surface area contributed by atoms with Crippen LogP contribution in [0.3, 0.4) is 0 Å². The Hall–Kier alpha value is -2.08. The van der Waals surface area contributed by atoms with E-state index in [1.54, 1.807) is 0 Å². The number of hydrogen-bond acceptors (Lipinski definition) is 5. The highest BCUT2D eigenvalue weighted by atomic mass is 16.5. The predicted molar refractivity (Wildman–Crippen MR) is 106 cm³/mol. The molecule has 1 aromatic carbocycles. The minimum atomic E-state index is -0.575. The van der Waals surface area contributed by atoms with Gasteiger partial charge in [0, 0.05) is 17.4 Å². The van der Waals surface area contributed by atoms with Crippen LogP contribution < -0.4 is 10.1 Å². The predicted octanol–water partition coefficient (Wildman–Crippen LogP) is 3.18. The highest BCUT2D eigenvalue weighted by molar-refractivity contribution is 6.23. The molecule has 2 fully saturated rings. The SMILES string of the molecule is CC1CC[C@H]2C(C)(C)C(O)CC[C@]2(C)[C@@]12Cc1c(O)cc3c(c1O2)C(=O)NC3=O. The molecule has 0 aromatic heterocycles. The Labute approximate surface area is 170 Å². The molecule has 5 rings (SSSR count). The topological polar surface area (TPSA) is 95.9 Å². The summed E-state index contributed by atoms with van der Waals surface area (Å²) in [5, 5.41) is 23.8. The second-order valence-corrected chi connectivity index (χ2v) is 10.4. The van der Waals surface area contributed by atoms with Gasteiger partial charge in [0.15, 0.2) is 0 Å². The number of phenolic OH excluding ortho intramolecular Hbond substituents is 1. The Balaban J connectivity index is 1.68. The number of carbonyl (C=O) groups excluding carboxylic acids is 2. The van der Waals surface area contributed by atoms with Gasteiger partial charge < -0.3 is 14.9 Å². The third-order valence-corrected chi connectivity index (χ3v) is 8.90. The van der Waals surface area contributed by atoms with Crippen LogP contribution >= 0.6 is 0 Å². The van der Waals surface area contributed by atoms with Crippen molar-refractivity contribution < 1.29 is 24.5 Å². The number of benzene rings is 1. The lowest BCUT2D eigenvalue weighted by Crippen LogP contribution is -2.66. The van der Waals surface area contributed by atoms with E-state index in [2.05, 4.69) is 33.0 Å². The first-order valence-electron chi connectivity index (χ1n) is 10.6. The largest absolute Gasteiger partial charge is 0.508 e. The number of hydrogen-bond donors (Lipinski definition) is 3. The van der Waals surface area contributed by atoms with Crippen molar-refractivity contribution in [1.82, 2.24) is 5.32 Å². The molecule has 5 atom stereocenters. The summed E-state index contributed by atoms with van der Waals surface area (Å²) in [7, 11) is 0. The van der Waals surface area contributed by atoms with Crippen LogP contribution in [0.1, 0.15) is 79.7 Å². The van der Waals surface area contributed by atoms with Crippen molar-refractivity contribution in [3.63, 3.8) is 0 Å². The molecule has 2 saturated carbocycles. The second kappa shape index (κ2) is 5.54. The highest BCUT2D eigenvalue weighted by Crippen LogP contribution is 2.67. The minimum Gasteiger partial charge on any atom is -0.508 e. The van der Waals surface area contributed by atoms with Crippen molar-refractivity contribution in [3.8, 4) is 11.5 Å². The number of carbonyl (C=O) groups is 2. The zero-order valence-corrected chi connectivity index (χ0v) is 17.5. The van der Waals surface area contributed by atoms with Crippen LogP contribution in [0.4, 0.5) is 0 Å². The summed E-state index contributed by atoms with van der Waals surface area (Å²) in [5.74, 6) is -0.0694. The van der Waals surface area contributed by atoms with E-state index in [-0.39, 0.29) is 45.6 Å². The number of ether oxygens (including phenoxy) is 1. The lowest BCUT2D eigenvalue weighted by molar-refractivity contribution is -0.210. The average molecular weight is 399 g/mol. The van der Waals surface area contributed by atoms with Gasteiger partial charge in [0.05, 0.1) is 17.2 Å². The minimum absolute atomic E-state index is 0.0218. The lowest BCUT2D eigenvalue weighted by atomic mass is 9.43. The number of rotatable bonds is 0. The summed E-state index contributed by atoms with van der Waals surface area (Å²) in [5.41, 5.74) is 0.0426. The van der Waals surface area contributed by atoms with E-state index in [9.17, 15) is 19.8 Å². The molecule has 156 valence electrons. The van der Waals surface area contributed by atoms with Crippen LogP contribution in [0, 0.1) is 22.7 Å². The summed E-state index contributed by atoms with van der Waals surface area (Å²) in [4.78, 5) is 24.6. The molecule has 0 saturated heterocycles. The summed E-state index contributed by atoms with van der Waals surface area (Å²) < 4.78 is 6.74. The molecule has 3 N–H and O–H groups in total. The van der Waals surface area contributed by atoms with Gasteiger partial charge in [0.1, 0.15) is 17.1 Å². The maximum absolute atomic E-state index is 12.5. The molecule has 1 spiro atoms. The monoisotopic (exact) mass is 399 g/mol. The lowest BCUT2D eigenvalue weighted by Gasteiger charge is -2.64. The molecule has 0 bridgehead atoms. The van der Waals surface area contributed by atoms with E-state index < -0.39 is 17.4 Å². The highest BCUT2D eigenvalue weighted by Gasteiger charge is 2.67. The molecule has 2 heterocycles. The smallest absolute Gasteiger partial charge is 0.262 e. The van der Waals surface area contributed by atoms with Gasteiger partial charge in [-0.2, -0.15) is 0 Å². The number of imide groups is 1. The van der Waals surface area contributed by atoms with Crippen LogP contribution in [-0.2, 0) is 6.42 Å². The number of phenols is 1. The molecule has 0 radical (unpaired) electrons. The standard InChI is InChI=1S/C23H29NO5/c1-11-5-6-15-21(2,3)16(26)7-8-22(15,4)23(11)10-13-14(25)9-12-17(18(13)29-23)20(28)24-19(12)27/h9,11,15-16,25-26H,5-8,10H2,1-4H3,(H,24,27,28)/t11?,15-,16?,22-,23+/m0/s1. The third-order valence-electron chi connectivity index (χ3n) is 8.90. The van der Waals surface area contributed by atoms with Gasteiger partial charge in [0.25, 0.3) is 11.8 Å². The first-order valence-corrected chi connectivity index (χ1v) is 10.6. The van der Waals surface area contributed by atoms with Crippen molar-refractivity contribution in [2.24, 2.45) is 22.7 Å². The molecular formula is C23H29NO5. The number of nitrogens with one attached hydrogen (secondary N) is 1. The first kappa shape index (κ1) is 18.9. The summed E-state index contributed by atoms with van der Waals surface area (Å²) in [6.07, 6.45) is 3.68. The van der Waals surface area contributed by atoms with E-state index in [4.69, 9.17) is 4.74 Å². The number of fused-ring (bicyclic) bond motifs is 5. The Morgan fingerprint density at radius 2 is 1.86 bits per heavy atom. The molecule has 6 heteroatoms.